The minimum absolute atomic E-state index is 0.0617. The number of aliphatic hydroxyl groups is 1. The second-order valence-electron chi connectivity index (χ2n) is 6.48. The molecule has 25 heavy (non-hydrogen) atoms. The molecule has 1 saturated carbocycles. The summed E-state index contributed by atoms with van der Waals surface area (Å²) in [6, 6.07) is 7.21. The number of aryl methyl sites for hydroxylation is 1. The molecule has 2 heterocycles. The summed E-state index contributed by atoms with van der Waals surface area (Å²) in [7, 11) is 1.57. The summed E-state index contributed by atoms with van der Waals surface area (Å²) in [5.74, 6) is 0.805. The number of carbonyl (C=O) groups excluding carboxylic acids is 1. The summed E-state index contributed by atoms with van der Waals surface area (Å²) in [5.41, 5.74) is 0.818. The van der Waals surface area contributed by atoms with E-state index in [0.717, 1.165) is 18.7 Å². The fraction of sp³-hybridized carbons (Fsp3) is 0.500. The number of nitrogens with one attached hydrogen (secondary N) is 1. The molecule has 1 unspecified atom stereocenters. The Kier molecular flexibility index (Phi) is 5.65. The van der Waals surface area contributed by atoms with Gasteiger partial charge in [-0.3, -0.25) is 9.48 Å². The molecule has 0 spiro atoms. The van der Waals surface area contributed by atoms with Crippen LogP contribution in [-0.2, 0) is 17.8 Å². The molecular weight excluding hydrogens is 320 g/mol. The van der Waals surface area contributed by atoms with Gasteiger partial charge >= 0.3 is 0 Å². The first-order valence-corrected chi connectivity index (χ1v) is 8.59. The predicted octanol–water partition coefficient (Wildman–Crippen LogP) is 1.18. The van der Waals surface area contributed by atoms with E-state index in [-0.39, 0.29) is 11.9 Å². The maximum absolute atomic E-state index is 12.2. The SMILES string of the molecule is COc1cccc(CCC(=O)N[C@@H]2CC(Cn3cccn3)C[C@H]2O)n1. The van der Waals surface area contributed by atoms with Gasteiger partial charge in [0.25, 0.3) is 0 Å². The molecule has 0 bridgehead atoms. The summed E-state index contributed by atoms with van der Waals surface area (Å²) in [6.45, 7) is 0.768. The zero-order valence-electron chi connectivity index (χ0n) is 14.3. The molecule has 134 valence electrons. The number of aromatic nitrogens is 3. The molecule has 1 amide bonds. The number of amides is 1. The number of carbonyl (C=O) groups is 1. The normalized spacial score (nSPS) is 22.7. The van der Waals surface area contributed by atoms with Crippen molar-refractivity contribution in [2.75, 3.05) is 7.11 Å². The zero-order chi connectivity index (χ0) is 17.6. The van der Waals surface area contributed by atoms with Crippen LogP contribution in [0.25, 0.3) is 0 Å². The Bertz CT molecular complexity index is 689. The Morgan fingerprint density at radius 2 is 2.28 bits per heavy atom. The van der Waals surface area contributed by atoms with Crippen molar-refractivity contribution in [3.05, 3.63) is 42.4 Å². The van der Waals surface area contributed by atoms with E-state index in [0.29, 0.717) is 31.1 Å². The molecule has 3 atom stereocenters. The first-order valence-electron chi connectivity index (χ1n) is 8.59. The van der Waals surface area contributed by atoms with Gasteiger partial charge in [0.2, 0.25) is 11.8 Å². The number of nitrogens with zero attached hydrogens (tertiary/aromatic N) is 3. The number of methoxy groups -OCH3 is 1. The first kappa shape index (κ1) is 17.4. The van der Waals surface area contributed by atoms with Gasteiger partial charge in [0.1, 0.15) is 0 Å². The highest BCUT2D eigenvalue weighted by atomic mass is 16.5. The summed E-state index contributed by atoms with van der Waals surface area (Å²) in [6.07, 6.45) is 5.50. The van der Waals surface area contributed by atoms with Crippen LogP contribution in [0.1, 0.15) is 25.0 Å². The Balaban J connectivity index is 1.45. The van der Waals surface area contributed by atoms with E-state index >= 15 is 0 Å². The van der Waals surface area contributed by atoms with Crippen LogP contribution < -0.4 is 10.1 Å². The van der Waals surface area contributed by atoms with Crippen LogP contribution >= 0.6 is 0 Å². The van der Waals surface area contributed by atoms with Crippen LogP contribution in [0, 0.1) is 5.92 Å². The molecule has 0 saturated heterocycles. The molecule has 1 aliphatic rings. The Labute approximate surface area is 147 Å². The second-order valence-corrected chi connectivity index (χ2v) is 6.48. The number of rotatable bonds is 7. The van der Waals surface area contributed by atoms with Gasteiger partial charge in [-0.2, -0.15) is 5.10 Å². The third kappa shape index (κ3) is 4.79. The van der Waals surface area contributed by atoms with Gasteiger partial charge in [-0.15, -0.1) is 0 Å². The third-order valence-corrected chi connectivity index (χ3v) is 4.58. The van der Waals surface area contributed by atoms with E-state index in [9.17, 15) is 9.90 Å². The Morgan fingerprint density at radius 1 is 1.40 bits per heavy atom. The number of ether oxygens (including phenoxy) is 1. The number of hydrogen-bond donors (Lipinski definition) is 2. The molecule has 1 aliphatic carbocycles. The highest BCUT2D eigenvalue weighted by molar-refractivity contribution is 5.76. The summed E-state index contributed by atoms with van der Waals surface area (Å²) >= 11 is 0. The topological polar surface area (TPSA) is 89.3 Å². The van der Waals surface area contributed by atoms with Crippen molar-refractivity contribution in [3.63, 3.8) is 0 Å². The maximum Gasteiger partial charge on any atom is 0.220 e. The largest absolute Gasteiger partial charge is 0.481 e. The van der Waals surface area contributed by atoms with Gasteiger partial charge in [0, 0.05) is 37.1 Å². The van der Waals surface area contributed by atoms with Crippen LogP contribution in [0.4, 0.5) is 0 Å². The van der Waals surface area contributed by atoms with Crippen molar-refractivity contribution in [2.45, 2.75) is 44.4 Å². The van der Waals surface area contributed by atoms with Gasteiger partial charge < -0.3 is 15.2 Å². The second kappa shape index (κ2) is 8.11. The molecular formula is C18H24N4O3. The molecule has 0 radical (unpaired) electrons. The predicted molar refractivity (Wildman–Crippen MR) is 92.0 cm³/mol. The van der Waals surface area contributed by atoms with E-state index in [4.69, 9.17) is 4.74 Å². The fourth-order valence-corrected chi connectivity index (χ4v) is 3.33. The highest BCUT2D eigenvalue weighted by Crippen LogP contribution is 2.27. The number of pyridine rings is 1. The van der Waals surface area contributed by atoms with E-state index in [1.54, 1.807) is 19.4 Å². The van der Waals surface area contributed by atoms with Crippen molar-refractivity contribution in [1.29, 1.82) is 0 Å². The van der Waals surface area contributed by atoms with Crippen molar-refractivity contribution < 1.29 is 14.6 Å². The van der Waals surface area contributed by atoms with Crippen LogP contribution in [0.2, 0.25) is 0 Å². The van der Waals surface area contributed by atoms with Crippen molar-refractivity contribution in [1.82, 2.24) is 20.1 Å². The molecule has 1 fully saturated rings. The van der Waals surface area contributed by atoms with E-state index in [1.165, 1.54) is 0 Å². The fourth-order valence-electron chi connectivity index (χ4n) is 3.33. The summed E-state index contributed by atoms with van der Waals surface area (Å²) in [5, 5.41) is 17.4. The molecule has 2 N–H and O–H groups in total. The van der Waals surface area contributed by atoms with Crippen LogP contribution in [0.5, 0.6) is 5.88 Å². The van der Waals surface area contributed by atoms with Crippen molar-refractivity contribution >= 4 is 5.91 Å². The third-order valence-electron chi connectivity index (χ3n) is 4.58. The average Bonchev–Trinajstić information content (AvgIpc) is 3.24. The minimum Gasteiger partial charge on any atom is -0.481 e. The van der Waals surface area contributed by atoms with Crippen LogP contribution in [0.15, 0.2) is 36.7 Å². The van der Waals surface area contributed by atoms with Crippen LogP contribution in [-0.4, -0.2) is 45.0 Å². The van der Waals surface area contributed by atoms with Gasteiger partial charge in [-0.1, -0.05) is 6.07 Å². The Morgan fingerprint density at radius 3 is 3.04 bits per heavy atom. The van der Waals surface area contributed by atoms with E-state index in [2.05, 4.69) is 15.4 Å². The van der Waals surface area contributed by atoms with Gasteiger partial charge in [0.15, 0.2) is 0 Å². The van der Waals surface area contributed by atoms with Crippen LogP contribution in [0.3, 0.4) is 0 Å². The molecule has 2 aromatic rings. The maximum atomic E-state index is 12.2. The minimum atomic E-state index is -0.501. The number of hydrogen-bond acceptors (Lipinski definition) is 5. The highest BCUT2D eigenvalue weighted by Gasteiger charge is 2.34. The lowest BCUT2D eigenvalue weighted by molar-refractivity contribution is -0.122. The lowest BCUT2D eigenvalue weighted by Crippen LogP contribution is -2.40. The van der Waals surface area contributed by atoms with E-state index < -0.39 is 6.10 Å². The zero-order valence-corrected chi connectivity index (χ0v) is 14.3. The quantitative estimate of drug-likeness (QED) is 0.787. The first-order chi connectivity index (χ1) is 12.1. The number of aliphatic hydroxyl groups excluding tert-OH is 1. The molecule has 7 heteroatoms. The lowest BCUT2D eigenvalue weighted by Gasteiger charge is -2.16. The van der Waals surface area contributed by atoms with Gasteiger partial charge in [-0.25, -0.2) is 4.98 Å². The molecule has 0 aliphatic heterocycles. The van der Waals surface area contributed by atoms with Crippen molar-refractivity contribution in [3.8, 4) is 5.88 Å². The smallest absolute Gasteiger partial charge is 0.220 e. The Hall–Kier alpha value is -2.41. The van der Waals surface area contributed by atoms with Gasteiger partial charge in [0.05, 0.1) is 19.3 Å². The average molecular weight is 344 g/mol. The summed E-state index contributed by atoms with van der Waals surface area (Å²) < 4.78 is 6.96. The molecule has 3 rings (SSSR count). The molecule has 7 nitrogen and oxygen atoms in total. The lowest BCUT2D eigenvalue weighted by atomic mass is 10.1. The monoisotopic (exact) mass is 344 g/mol. The molecule has 0 aromatic carbocycles. The van der Waals surface area contributed by atoms with Crippen molar-refractivity contribution in [2.24, 2.45) is 5.92 Å². The summed E-state index contributed by atoms with van der Waals surface area (Å²) in [4.78, 5) is 16.5. The van der Waals surface area contributed by atoms with E-state index in [1.807, 2.05) is 29.1 Å². The van der Waals surface area contributed by atoms with Gasteiger partial charge in [-0.05, 0) is 37.3 Å². The molecule has 2 aromatic heterocycles. The standard InChI is InChI=1S/C18H24N4O3/c1-25-18-5-2-4-14(20-18)6-7-17(24)21-15-10-13(11-16(15)23)12-22-9-3-8-19-22/h2-5,8-9,13,15-16,23H,6-7,10-12H2,1H3,(H,21,24)/t13?,15-,16-/m1/s1.